The van der Waals surface area contributed by atoms with E-state index < -0.39 is 0 Å². The van der Waals surface area contributed by atoms with E-state index in [0.29, 0.717) is 0 Å². The van der Waals surface area contributed by atoms with Gasteiger partial charge in [-0.1, -0.05) is 38.5 Å². The minimum absolute atomic E-state index is 0.117. The van der Waals surface area contributed by atoms with Gasteiger partial charge in [0.1, 0.15) is 11.9 Å². The summed E-state index contributed by atoms with van der Waals surface area (Å²) in [5.41, 5.74) is 8.94. The van der Waals surface area contributed by atoms with Crippen LogP contribution in [0.15, 0.2) is 18.2 Å². The highest BCUT2D eigenvalue weighted by molar-refractivity contribution is 5.40. The lowest BCUT2D eigenvalue weighted by Gasteiger charge is -2.34. The molecule has 0 aliphatic carbocycles. The quantitative estimate of drug-likeness (QED) is 0.804. The van der Waals surface area contributed by atoms with Gasteiger partial charge in [0.05, 0.1) is 0 Å². The van der Waals surface area contributed by atoms with E-state index in [4.69, 9.17) is 10.5 Å². The maximum Gasteiger partial charge on any atom is 0.124 e. The highest BCUT2D eigenvalue weighted by Gasteiger charge is 2.29. The molecule has 0 fully saturated rings. The number of rotatable bonds is 1. The van der Waals surface area contributed by atoms with Crippen LogP contribution in [0.5, 0.6) is 5.75 Å². The molecule has 0 saturated carbocycles. The number of ether oxygens (including phenoxy) is 1. The van der Waals surface area contributed by atoms with Gasteiger partial charge >= 0.3 is 0 Å². The molecule has 0 radical (unpaired) electrons. The molecule has 0 aromatic heterocycles. The van der Waals surface area contributed by atoms with E-state index in [1.54, 1.807) is 0 Å². The minimum Gasteiger partial charge on any atom is -0.490 e. The fourth-order valence-corrected chi connectivity index (χ4v) is 2.51. The normalized spacial score (nSPS) is 24.1. The van der Waals surface area contributed by atoms with Crippen LogP contribution in [0.3, 0.4) is 0 Å². The second-order valence-electron chi connectivity index (χ2n) is 6.39. The Kier molecular flexibility index (Phi) is 3.17. The molecule has 1 aliphatic rings. The van der Waals surface area contributed by atoms with Gasteiger partial charge in [0.25, 0.3) is 0 Å². The second-order valence-corrected chi connectivity index (χ2v) is 6.39. The van der Waals surface area contributed by atoms with Crippen LogP contribution in [0.25, 0.3) is 0 Å². The average Bonchev–Trinajstić information content (AvgIpc) is 2.17. The number of fused-ring (bicyclic) bond motifs is 1. The summed E-state index contributed by atoms with van der Waals surface area (Å²) >= 11 is 0. The minimum atomic E-state index is 0.117. The standard InChI is InChI=1S/C15H23NO/c1-10-5-6-14-12(7-10)13(16)8-11(17-14)9-15(2,3)4/h5-7,11,13H,8-9,16H2,1-4H3/t11?,13-/m0/s1. The van der Waals surface area contributed by atoms with Gasteiger partial charge in [0.2, 0.25) is 0 Å². The van der Waals surface area contributed by atoms with Crippen molar-refractivity contribution < 1.29 is 4.74 Å². The molecule has 0 saturated heterocycles. The van der Waals surface area contributed by atoms with Crippen molar-refractivity contribution >= 4 is 0 Å². The summed E-state index contributed by atoms with van der Waals surface area (Å²) in [7, 11) is 0. The summed E-state index contributed by atoms with van der Waals surface area (Å²) in [5.74, 6) is 0.976. The molecule has 1 heterocycles. The summed E-state index contributed by atoms with van der Waals surface area (Å²) < 4.78 is 6.05. The lowest BCUT2D eigenvalue weighted by Crippen LogP contribution is -2.32. The van der Waals surface area contributed by atoms with E-state index in [9.17, 15) is 0 Å². The Labute approximate surface area is 104 Å². The zero-order valence-corrected chi connectivity index (χ0v) is 11.3. The van der Waals surface area contributed by atoms with Gasteiger partial charge < -0.3 is 10.5 Å². The molecule has 2 N–H and O–H groups in total. The maximum atomic E-state index is 6.24. The number of benzene rings is 1. The van der Waals surface area contributed by atoms with Crippen LogP contribution in [0.1, 0.15) is 50.8 Å². The molecule has 2 nitrogen and oxygen atoms in total. The smallest absolute Gasteiger partial charge is 0.124 e. The zero-order chi connectivity index (χ0) is 12.6. The van der Waals surface area contributed by atoms with Crippen LogP contribution in [0, 0.1) is 12.3 Å². The van der Waals surface area contributed by atoms with E-state index in [1.807, 2.05) is 0 Å². The molecule has 94 valence electrons. The monoisotopic (exact) mass is 233 g/mol. The topological polar surface area (TPSA) is 35.2 Å². The van der Waals surface area contributed by atoms with E-state index in [1.165, 1.54) is 5.56 Å². The van der Waals surface area contributed by atoms with Crippen molar-refractivity contribution in [3.8, 4) is 5.75 Å². The second kappa shape index (κ2) is 4.34. The van der Waals surface area contributed by atoms with Crippen LogP contribution in [0.2, 0.25) is 0 Å². The first-order chi connectivity index (χ1) is 7.85. The number of aryl methyl sites for hydroxylation is 1. The van der Waals surface area contributed by atoms with Gasteiger partial charge in [-0.05, 0) is 24.8 Å². The number of nitrogens with two attached hydrogens (primary N) is 1. The van der Waals surface area contributed by atoms with Crippen molar-refractivity contribution in [3.05, 3.63) is 29.3 Å². The molecule has 0 spiro atoms. The van der Waals surface area contributed by atoms with Gasteiger partial charge in [0, 0.05) is 18.0 Å². The van der Waals surface area contributed by atoms with Crippen LogP contribution in [-0.2, 0) is 0 Å². The summed E-state index contributed by atoms with van der Waals surface area (Å²) in [4.78, 5) is 0. The van der Waals surface area contributed by atoms with Crippen molar-refractivity contribution in [2.24, 2.45) is 11.1 Å². The SMILES string of the molecule is Cc1ccc2c(c1)[C@@H](N)CC(CC(C)(C)C)O2. The molecule has 1 aromatic rings. The molecule has 0 bridgehead atoms. The summed E-state index contributed by atoms with van der Waals surface area (Å²) in [5, 5.41) is 0. The fraction of sp³-hybridized carbons (Fsp3) is 0.600. The Balaban J connectivity index is 2.19. The first-order valence-corrected chi connectivity index (χ1v) is 6.38. The third kappa shape index (κ3) is 3.01. The predicted octanol–water partition coefficient (Wildman–Crippen LogP) is 3.58. The van der Waals surface area contributed by atoms with Crippen LogP contribution >= 0.6 is 0 Å². The zero-order valence-electron chi connectivity index (χ0n) is 11.3. The van der Waals surface area contributed by atoms with Gasteiger partial charge in [0.15, 0.2) is 0 Å². The van der Waals surface area contributed by atoms with Crippen LogP contribution in [-0.4, -0.2) is 6.10 Å². The van der Waals surface area contributed by atoms with E-state index in [0.717, 1.165) is 24.2 Å². The summed E-state index contributed by atoms with van der Waals surface area (Å²) in [6, 6.07) is 6.41. The molecule has 1 unspecified atom stereocenters. The summed E-state index contributed by atoms with van der Waals surface area (Å²) in [6.45, 7) is 8.82. The first kappa shape index (κ1) is 12.4. The largest absolute Gasteiger partial charge is 0.490 e. The van der Waals surface area contributed by atoms with E-state index in [2.05, 4.69) is 45.9 Å². The van der Waals surface area contributed by atoms with E-state index in [-0.39, 0.29) is 17.6 Å². The van der Waals surface area contributed by atoms with Gasteiger partial charge in [-0.15, -0.1) is 0 Å². The first-order valence-electron chi connectivity index (χ1n) is 6.38. The molecule has 17 heavy (non-hydrogen) atoms. The Morgan fingerprint density at radius 1 is 1.35 bits per heavy atom. The van der Waals surface area contributed by atoms with Crippen molar-refractivity contribution in [1.82, 2.24) is 0 Å². The lowest BCUT2D eigenvalue weighted by molar-refractivity contribution is 0.112. The molecule has 1 aromatic carbocycles. The molecule has 2 heteroatoms. The van der Waals surface area contributed by atoms with Crippen molar-refractivity contribution in [3.63, 3.8) is 0 Å². The highest BCUT2D eigenvalue weighted by Crippen LogP contribution is 2.37. The van der Waals surface area contributed by atoms with Gasteiger partial charge in [-0.3, -0.25) is 0 Å². The van der Waals surface area contributed by atoms with Gasteiger partial charge in [-0.2, -0.15) is 0 Å². The molecule has 1 aliphatic heterocycles. The van der Waals surface area contributed by atoms with Crippen LogP contribution < -0.4 is 10.5 Å². The Morgan fingerprint density at radius 3 is 2.71 bits per heavy atom. The fourth-order valence-electron chi connectivity index (χ4n) is 2.51. The van der Waals surface area contributed by atoms with Crippen molar-refractivity contribution in [2.45, 2.75) is 52.7 Å². The Hall–Kier alpha value is -1.02. The predicted molar refractivity (Wildman–Crippen MR) is 71.2 cm³/mol. The number of hydrogen-bond donors (Lipinski definition) is 1. The summed E-state index contributed by atoms with van der Waals surface area (Å²) in [6.07, 6.45) is 2.22. The van der Waals surface area contributed by atoms with Crippen LogP contribution in [0.4, 0.5) is 0 Å². The number of hydrogen-bond acceptors (Lipinski definition) is 2. The van der Waals surface area contributed by atoms with Gasteiger partial charge in [-0.25, -0.2) is 0 Å². The lowest BCUT2D eigenvalue weighted by atomic mass is 9.85. The Bertz CT molecular complexity index is 406. The molecular weight excluding hydrogens is 210 g/mol. The van der Waals surface area contributed by atoms with Crippen molar-refractivity contribution in [1.29, 1.82) is 0 Å². The Morgan fingerprint density at radius 2 is 2.06 bits per heavy atom. The molecule has 0 amide bonds. The molecule has 2 rings (SSSR count). The highest BCUT2D eigenvalue weighted by atomic mass is 16.5. The van der Waals surface area contributed by atoms with E-state index >= 15 is 0 Å². The maximum absolute atomic E-state index is 6.24. The third-order valence-electron chi connectivity index (χ3n) is 3.22. The average molecular weight is 233 g/mol. The van der Waals surface area contributed by atoms with Crippen molar-refractivity contribution in [2.75, 3.05) is 0 Å². The molecule has 2 atom stereocenters. The third-order valence-corrected chi connectivity index (χ3v) is 3.22. The molecular formula is C15H23NO.